The molecule has 2 atom stereocenters. The predicted molar refractivity (Wildman–Crippen MR) is 87.3 cm³/mol. The molecule has 0 bridgehead atoms. The molecule has 0 radical (unpaired) electrons. The number of benzene rings is 1. The lowest BCUT2D eigenvalue weighted by Gasteiger charge is -2.38. The molecule has 1 N–H and O–H groups in total. The first kappa shape index (κ1) is 16.0. The Bertz CT molecular complexity index is 559. The summed E-state index contributed by atoms with van der Waals surface area (Å²) in [6.45, 7) is 5.92. The highest BCUT2D eigenvalue weighted by Gasteiger charge is 2.39. The van der Waals surface area contributed by atoms with Gasteiger partial charge in [0.2, 0.25) is 11.8 Å². The van der Waals surface area contributed by atoms with Crippen molar-refractivity contribution in [1.29, 1.82) is 0 Å². The Morgan fingerprint density at radius 2 is 2.00 bits per heavy atom. The molecule has 1 heterocycles. The highest BCUT2D eigenvalue weighted by molar-refractivity contribution is 9.10. The number of carbonyl (C=O) groups excluding carboxylic acids is 2. The molecular formula is C16H21BrN2O2. The van der Waals surface area contributed by atoms with E-state index in [1.165, 1.54) is 0 Å². The second-order valence-electron chi connectivity index (χ2n) is 5.42. The van der Waals surface area contributed by atoms with Gasteiger partial charge in [0.1, 0.15) is 12.1 Å². The van der Waals surface area contributed by atoms with E-state index < -0.39 is 12.1 Å². The largest absolute Gasteiger partial charge is 0.342 e. The van der Waals surface area contributed by atoms with E-state index in [1.54, 1.807) is 4.90 Å². The molecule has 1 aliphatic heterocycles. The number of carbonyl (C=O) groups is 2. The lowest BCUT2D eigenvalue weighted by atomic mass is 10.0. The molecule has 1 fully saturated rings. The van der Waals surface area contributed by atoms with Gasteiger partial charge in [0, 0.05) is 10.2 Å². The fourth-order valence-corrected chi connectivity index (χ4v) is 2.95. The summed E-state index contributed by atoms with van der Waals surface area (Å²) in [6.07, 6.45) is 2.14. The van der Waals surface area contributed by atoms with E-state index in [0.717, 1.165) is 22.1 Å². The van der Waals surface area contributed by atoms with Crippen molar-refractivity contribution in [3.05, 3.63) is 28.2 Å². The summed E-state index contributed by atoms with van der Waals surface area (Å²) in [5.74, 6) is -0.0684. The molecule has 0 spiro atoms. The smallest absolute Gasteiger partial charge is 0.250 e. The van der Waals surface area contributed by atoms with Crippen molar-refractivity contribution >= 4 is 33.4 Å². The molecule has 0 aromatic heterocycles. The molecule has 2 unspecified atom stereocenters. The first-order valence-electron chi connectivity index (χ1n) is 7.39. The van der Waals surface area contributed by atoms with Gasteiger partial charge >= 0.3 is 0 Å². The number of aryl methyl sites for hydroxylation is 1. The van der Waals surface area contributed by atoms with Crippen LogP contribution in [0.1, 0.15) is 38.7 Å². The summed E-state index contributed by atoms with van der Waals surface area (Å²) in [5.41, 5.74) is 1.84. The van der Waals surface area contributed by atoms with Crippen LogP contribution in [0.3, 0.4) is 0 Å². The molecule has 0 saturated carbocycles. The van der Waals surface area contributed by atoms with Crippen LogP contribution in [-0.2, 0) is 9.59 Å². The Morgan fingerprint density at radius 3 is 2.57 bits per heavy atom. The van der Waals surface area contributed by atoms with Crippen molar-refractivity contribution in [1.82, 2.24) is 5.32 Å². The van der Waals surface area contributed by atoms with Crippen LogP contribution in [0.2, 0.25) is 0 Å². The fourth-order valence-electron chi connectivity index (χ4n) is 2.71. The molecule has 1 aromatic carbocycles. The van der Waals surface area contributed by atoms with Crippen LogP contribution in [0, 0.1) is 6.92 Å². The first-order valence-corrected chi connectivity index (χ1v) is 8.18. The van der Waals surface area contributed by atoms with Gasteiger partial charge in [-0.3, -0.25) is 14.5 Å². The standard InChI is InChI=1S/C16H21BrN2O2/c1-4-6-13-16(21)19(14(5-2)15(20)18-13)11-7-8-12(17)10(3)9-11/h7-9,13-14H,4-6H2,1-3H3,(H,18,20). The van der Waals surface area contributed by atoms with Crippen molar-refractivity contribution in [2.24, 2.45) is 0 Å². The Balaban J connectivity index is 2.41. The Labute approximate surface area is 134 Å². The van der Waals surface area contributed by atoms with Gasteiger partial charge in [0.25, 0.3) is 0 Å². The summed E-state index contributed by atoms with van der Waals surface area (Å²) in [7, 11) is 0. The zero-order valence-corrected chi connectivity index (χ0v) is 14.2. The predicted octanol–water partition coefficient (Wildman–Crippen LogP) is 3.17. The summed E-state index contributed by atoms with van der Waals surface area (Å²) in [6, 6.07) is 4.93. The molecule has 2 amide bonds. The highest BCUT2D eigenvalue weighted by Crippen LogP contribution is 2.28. The van der Waals surface area contributed by atoms with E-state index in [1.807, 2.05) is 39.0 Å². The molecule has 1 aliphatic rings. The number of rotatable bonds is 4. The Hall–Kier alpha value is -1.36. The third kappa shape index (κ3) is 3.12. The van der Waals surface area contributed by atoms with E-state index in [9.17, 15) is 9.59 Å². The monoisotopic (exact) mass is 352 g/mol. The SMILES string of the molecule is CCCC1NC(=O)C(CC)N(c2ccc(Br)c(C)c2)C1=O. The quantitative estimate of drug-likeness (QED) is 0.904. The van der Waals surface area contributed by atoms with E-state index in [0.29, 0.717) is 12.8 Å². The lowest BCUT2D eigenvalue weighted by Crippen LogP contribution is -2.63. The summed E-state index contributed by atoms with van der Waals surface area (Å²) in [5, 5.41) is 2.85. The molecular weight excluding hydrogens is 332 g/mol. The maximum Gasteiger partial charge on any atom is 0.250 e. The number of hydrogen-bond donors (Lipinski definition) is 1. The minimum atomic E-state index is -0.425. The van der Waals surface area contributed by atoms with Gasteiger partial charge in [-0.1, -0.05) is 36.2 Å². The van der Waals surface area contributed by atoms with Crippen LogP contribution in [0.4, 0.5) is 5.69 Å². The number of anilines is 1. The number of hydrogen-bond acceptors (Lipinski definition) is 2. The van der Waals surface area contributed by atoms with Crippen molar-refractivity contribution in [3.8, 4) is 0 Å². The maximum atomic E-state index is 12.7. The summed E-state index contributed by atoms with van der Waals surface area (Å²) >= 11 is 3.47. The molecule has 5 heteroatoms. The van der Waals surface area contributed by atoms with Crippen LogP contribution < -0.4 is 10.2 Å². The third-order valence-corrected chi connectivity index (χ3v) is 4.74. The minimum absolute atomic E-state index is 0.00924. The number of nitrogens with zero attached hydrogens (tertiary/aromatic N) is 1. The van der Waals surface area contributed by atoms with E-state index in [2.05, 4.69) is 21.2 Å². The van der Waals surface area contributed by atoms with E-state index in [4.69, 9.17) is 0 Å². The normalized spacial score (nSPS) is 22.4. The second-order valence-corrected chi connectivity index (χ2v) is 6.27. The molecule has 1 aromatic rings. The van der Waals surface area contributed by atoms with Crippen molar-refractivity contribution in [3.63, 3.8) is 0 Å². The van der Waals surface area contributed by atoms with Crippen LogP contribution in [0.15, 0.2) is 22.7 Å². The third-order valence-electron chi connectivity index (χ3n) is 3.85. The topological polar surface area (TPSA) is 49.4 Å². The highest BCUT2D eigenvalue weighted by atomic mass is 79.9. The lowest BCUT2D eigenvalue weighted by molar-refractivity contribution is -0.134. The van der Waals surface area contributed by atoms with Gasteiger partial charge in [0.05, 0.1) is 0 Å². The van der Waals surface area contributed by atoms with E-state index >= 15 is 0 Å². The average Bonchev–Trinajstić information content (AvgIpc) is 2.45. The number of nitrogens with one attached hydrogen (secondary N) is 1. The first-order chi connectivity index (χ1) is 9.99. The molecule has 4 nitrogen and oxygen atoms in total. The van der Waals surface area contributed by atoms with Gasteiger partial charge < -0.3 is 5.32 Å². The minimum Gasteiger partial charge on any atom is -0.342 e. The summed E-state index contributed by atoms with van der Waals surface area (Å²) < 4.78 is 0.998. The van der Waals surface area contributed by atoms with Gasteiger partial charge in [-0.25, -0.2) is 0 Å². The van der Waals surface area contributed by atoms with Crippen LogP contribution in [-0.4, -0.2) is 23.9 Å². The Kier molecular flexibility index (Phi) is 5.04. The zero-order chi connectivity index (χ0) is 15.6. The van der Waals surface area contributed by atoms with Crippen molar-refractivity contribution < 1.29 is 9.59 Å². The number of halogens is 1. The van der Waals surface area contributed by atoms with Gasteiger partial charge in [0.15, 0.2) is 0 Å². The number of amides is 2. The fraction of sp³-hybridized carbons (Fsp3) is 0.500. The van der Waals surface area contributed by atoms with Crippen LogP contribution in [0.25, 0.3) is 0 Å². The maximum absolute atomic E-state index is 12.7. The summed E-state index contributed by atoms with van der Waals surface area (Å²) in [4.78, 5) is 26.7. The second kappa shape index (κ2) is 6.60. The van der Waals surface area contributed by atoms with Crippen LogP contribution in [0.5, 0.6) is 0 Å². The molecule has 2 rings (SSSR count). The Morgan fingerprint density at radius 1 is 1.29 bits per heavy atom. The zero-order valence-electron chi connectivity index (χ0n) is 12.6. The van der Waals surface area contributed by atoms with Crippen LogP contribution >= 0.6 is 15.9 Å². The van der Waals surface area contributed by atoms with Crippen molar-refractivity contribution in [2.75, 3.05) is 4.90 Å². The van der Waals surface area contributed by atoms with Gasteiger partial charge in [-0.15, -0.1) is 0 Å². The molecule has 21 heavy (non-hydrogen) atoms. The molecule has 114 valence electrons. The van der Waals surface area contributed by atoms with Crippen molar-refractivity contribution in [2.45, 2.75) is 52.1 Å². The van der Waals surface area contributed by atoms with Gasteiger partial charge in [-0.2, -0.15) is 0 Å². The molecule has 0 aliphatic carbocycles. The average molecular weight is 353 g/mol. The van der Waals surface area contributed by atoms with E-state index in [-0.39, 0.29) is 11.8 Å². The van der Waals surface area contributed by atoms with Gasteiger partial charge in [-0.05, 0) is 43.5 Å². The number of piperazine rings is 1. The molecule has 1 saturated heterocycles.